The predicted molar refractivity (Wildman–Crippen MR) is 131 cm³/mol. The summed E-state index contributed by atoms with van der Waals surface area (Å²) in [5.74, 6) is -2.97. The first-order chi connectivity index (χ1) is 16.6. The molecule has 5 rings (SSSR count). The van der Waals surface area contributed by atoms with E-state index in [4.69, 9.17) is 4.74 Å². The molecule has 2 aliphatic carbocycles. The van der Waals surface area contributed by atoms with E-state index in [2.05, 4.69) is 12.1 Å². The summed E-state index contributed by atoms with van der Waals surface area (Å²) in [5.41, 5.74) is 2.97. The van der Waals surface area contributed by atoms with Gasteiger partial charge in [0.1, 0.15) is 6.10 Å². The fourth-order valence-corrected chi connectivity index (χ4v) is 6.08. The summed E-state index contributed by atoms with van der Waals surface area (Å²) in [6, 6.07) is 29.4. The van der Waals surface area contributed by atoms with Crippen LogP contribution in [0.4, 0.5) is 0 Å². The number of carbonyl (C=O) groups excluding carboxylic acids is 1. The maximum atomic E-state index is 13.8. The number of rotatable bonds is 6. The number of benzene rings is 3. The van der Waals surface area contributed by atoms with Crippen LogP contribution in [0.2, 0.25) is 0 Å². The standard InChI is InChI=1S/C30H30O4/c31-29(32)27-25(21-14-6-2-7-15-21)28(26(27)22-16-8-3-9-17-22)30(33)34-24-19-11-10-18-23(24)20-12-4-1-5-13-20/h1-9,12-17,23-28H,10-11,18-19H2,(H,31,32)/t23-,24+,25?,26?,27?,28?/m0/s1. The number of carboxylic acid groups (broad SMARTS) is 1. The van der Waals surface area contributed by atoms with Gasteiger partial charge in [-0.2, -0.15) is 0 Å². The SMILES string of the molecule is O=C(O)C1C(c2ccccc2)C(C(=O)O[C@@H]2CCCC[C@H]2c2ccccc2)C1c1ccccc1. The number of ether oxygens (including phenoxy) is 1. The van der Waals surface area contributed by atoms with Crippen molar-refractivity contribution < 1.29 is 19.4 Å². The van der Waals surface area contributed by atoms with Crippen molar-refractivity contribution in [2.45, 2.75) is 49.5 Å². The van der Waals surface area contributed by atoms with Gasteiger partial charge in [0.25, 0.3) is 0 Å². The summed E-state index contributed by atoms with van der Waals surface area (Å²) in [4.78, 5) is 26.2. The summed E-state index contributed by atoms with van der Waals surface area (Å²) < 4.78 is 6.26. The molecule has 2 fully saturated rings. The number of hydrogen-bond donors (Lipinski definition) is 1. The molecule has 0 bridgehead atoms. The third-order valence-corrected chi connectivity index (χ3v) is 7.67. The van der Waals surface area contributed by atoms with E-state index in [1.54, 1.807) is 0 Å². The van der Waals surface area contributed by atoms with Gasteiger partial charge < -0.3 is 9.84 Å². The molecule has 3 aromatic carbocycles. The van der Waals surface area contributed by atoms with E-state index >= 15 is 0 Å². The second kappa shape index (κ2) is 9.84. The Labute approximate surface area is 200 Å². The molecule has 0 heterocycles. The number of carboxylic acids is 1. The predicted octanol–water partition coefficient (Wildman–Crippen LogP) is 6.15. The first kappa shape index (κ1) is 22.4. The Morgan fingerprint density at radius 1 is 0.647 bits per heavy atom. The van der Waals surface area contributed by atoms with Crippen molar-refractivity contribution >= 4 is 11.9 Å². The molecule has 0 amide bonds. The number of hydrogen-bond acceptors (Lipinski definition) is 3. The minimum Gasteiger partial charge on any atom is -0.481 e. The van der Waals surface area contributed by atoms with E-state index in [1.165, 1.54) is 5.56 Å². The van der Waals surface area contributed by atoms with Crippen LogP contribution in [0.25, 0.3) is 0 Å². The van der Waals surface area contributed by atoms with Crippen LogP contribution in [0.1, 0.15) is 60.1 Å². The maximum absolute atomic E-state index is 13.8. The quantitative estimate of drug-likeness (QED) is 0.454. The molecule has 4 heteroatoms. The van der Waals surface area contributed by atoms with Crippen molar-refractivity contribution in [2.75, 3.05) is 0 Å². The lowest BCUT2D eigenvalue weighted by molar-refractivity contribution is -0.170. The van der Waals surface area contributed by atoms with Crippen LogP contribution in [0.5, 0.6) is 0 Å². The smallest absolute Gasteiger partial charge is 0.310 e. The van der Waals surface area contributed by atoms with Crippen molar-refractivity contribution in [2.24, 2.45) is 11.8 Å². The summed E-state index contributed by atoms with van der Waals surface area (Å²) in [6.45, 7) is 0. The molecule has 2 unspecified atom stereocenters. The normalized spacial score (nSPS) is 28.5. The third-order valence-electron chi connectivity index (χ3n) is 7.67. The third kappa shape index (κ3) is 4.25. The van der Waals surface area contributed by atoms with E-state index < -0.39 is 29.6 Å². The zero-order valence-corrected chi connectivity index (χ0v) is 19.1. The van der Waals surface area contributed by atoms with Crippen LogP contribution in [0.15, 0.2) is 91.0 Å². The van der Waals surface area contributed by atoms with E-state index in [9.17, 15) is 14.7 Å². The summed E-state index contributed by atoms with van der Waals surface area (Å²) >= 11 is 0. The van der Waals surface area contributed by atoms with Crippen molar-refractivity contribution in [3.05, 3.63) is 108 Å². The van der Waals surface area contributed by atoms with Gasteiger partial charge in [0.15, 0.2) is 0 Å². The van der Waals surface area contributed by atoms with Gasteiger partial charge in [-0.15, -0.1) is 0 Å². The molecule has 0 aromatic heterocycles. The van der Waals surface area contributed by atoms with Crippen molar-refractivity contribution in [1.29, 1.82) is 0 Å². The van der Waals surface area contributed by atoms with Crippen molar-refractivity contribution in [3.8, 4) is 0 Å². The van der Waals surface area contributed by atoms with E-state index in [-0.39, 0.29) is 18.0 Å². The van der Waals surface area contributed by atoms with Crippen LogP contribution >= 0.6 is 0 Å². The molecule has 4 nitrogen and oxygen atoms in total. The van der Waals surface area contributed by atoms with Crippen LogP contribution in [-0.4, -0.2) is 23.1 Å². The molecular weight excluding hydrogens is 424 g/mol. The van der Waals surface area contributed by atoms with E-state index in [0.717, 1.165) is 36.8 Å². The van der Waals surface area contributed by atoms with Crippen molar-refractivity contribution in [1.82, 2.24) is 0 Å². The summed E-state index contributed by atoms with van der Waals surface area (Å²) in [5, 5.41) is 10.2. The average Bonchev–Trinajstić information content (AvgIpc) is 2.85. The molecule has 0 spiro atoms. The first-order valence-corrected chi connectivity index (χ1v) is 12.2. The Hall–Kier alpha value is -3.40. The van der Waals surface area contributed by atoms with Gasteiger partial charge in [-0.1, -0.05) is 97.4 Å². The van der Waals surface area contributed by atoms with Gasteiger partial charge in [0.05, 0.1) is 11.8 Å². The number of esters is 1. The summed E-state index contributed by atoms with van der Waals surface area (Å²) in [6.07, 6.45) is 3.81. The van der Waals surface area contributed by atoms with E-state index in [0.29, 0.717) is 0 Å². The Morgan fingerprint density at radius 2 is 1.12 bits per heavy atom. The van der Waals surface area contributed by atoms with Gasteiger partial charge in [-0.25, -0.2) is 0 Å². The highest BCUT2D eigenvalue weighted by Gasteiger charge is 2.59. The number of aliphatic carboxylic acids is 1. The highest BCUT2D eigenvalue weighted by atomic mass is 16.5. The minimum atomic E-state index is -0.869. The molecule has 2 aliphatic rings. The minimum absolute atomic E-state index is 0.180. The molecule has 4 atom stereocenters. The van der Waals surface area contributed by atoms with Crippen LogP contribution in [-0.2, 0) is 14.3 Å². The second-order valence-electron chi connectivity index (χ2n) is 9.54. The first-order valence-electron chi connectivity index (χ1n) is 12.2. The molecule has 34 heavy (non-hydrogen) atoms. The monoisotopic (exact) mass is 454 g/mol. The lowest BCUT2D eigenvalue weighted by Gasteiger charge is -2.49. The van der Waals surface area contributed by atoms with Crippen LogP contribution < -0.4 is 0 Å². The molecule has 1 N–H and O–H groups in total. The highest BCUT2D eigenvalue weighted by molar-refractivity contribution is 5.84. The maximum Gasteiger partial charge on any atom is 0.310 e. The molecule has 2 saturated carbocycles. The van der Waals surface area contributed by atoms with Gasteiger partial charge in [-0.05, 0) is 36.0 Å². The fourth-order valence-electron chi connectivity index (χ4n) is 6.08. The van der Waals surface area contributed by atoms with Crippen molar-refractivity contribution in [3.63, 3.8) is 0 Å². The zero-order valence-electron chi connectivity index (χ0n) is 19.1. The molecule has 0 aliphatic heterocycles. The molecule has 0 radical (unpaired) electrons. The van der Waals surface area contributed by atoms with Crippen LogP contribution in [0, 0.1) is 11.8 Å². The van der Waals surface area contributed by atoms with Gasteiger partial charge in [0.2, 0.25) is 0 Å². The Bertz CT molecular complexity index is 1060. The van der Waals surface area contributed by atoms with Gasteiger partial charge >= 0.3 is 11.9 Å². The molecule has 0 saturated heterocycles. The highest BCUT2D eigenvalue weighted by Crippen LogP contribution is 2.58. The zero-order chi connectivity index (χ0) is 23.5. The van der Waals surface area contributed by atoms with E-state index in [1.807, 2.05) is 78.9 Å². The average molecular weight is 455 g/mol. The largest absolute Gasteiger partial charge is 0.481 e. The number of carbonyl (C=O) groups is 2. The molecular formula is C30H30O4. The van der Waals surface area contributed by atoms with Gasteiger partial charge in [-0.3, -0.25) is 9.59 Å². The Balaban J connectivity index is 1.46. The Morgan fingerprint density at radius 3 is 1.62 bits per heavy atom. The second-order valence-corrected chi connectivity index (χ2v) is 9.54. The fraction of sp³-hybridized carbons (Fsp3) is 0.333. The lowest BCUT2D eigenvalue weighted by atomic mass is 9.52. The van der Waals surface area contributed by atoms with Crippen LogP contribution in [0.3, 0.4) is 0 Å². The molecule has 174 valence electrons. The lowest BCUT2D eigenvalue weighted by Crippen LogP contribution is -2.52. The Kier molecular flexibility index (Phi) is 6.48. The van der Waals surface area contributed by atoms with Gasteiger partial charge in [0, 0.05) is 17.8 Å². The topological polar surface area (TPSA) is 63.6 Å². The summed E-state index contributed by atoms with van der Waals surface area (Å²) in [7, 11) is 0. The molecule has 3 aromatic rings.